The zero-order chi connectivity index (χ0) is 19.5. The second-order valence-electron chi connectivity index (χ2n) is 6.58. The molecule has 1 amide bonds. The van der Waals surface area contributed by atoms with E-state index in [1.807, 2.05) is 17.9 Å². The maximum absolute atomic E-state index is 14.0. The minimum atomic E-state index is -0.331. The summed E-state index contributed by atoms with van der Waals surface area (Å²) in [7, 11) is 0. The molecule has 0 saturated carbocycles. The summed E-state index contributed by atoms with van der Waals surface area (Å²) in [4.78, 5) is 23.8. The van der Waals surface area contributed by atoms with Crippen LogP contribution in [0.3, 0.4) is 0 Å². The Labute approximate surface area is 165 Å². The molecule has 0 spiro atoms. The lowest BCUT2D eigenvalue weighted by Gasteiger charge is -2.25. The van der Waals surface area contributed by atoms with E-state index < -0.39 is 0 Å². The number of hydrogen-bond donors (Lipinski definition) is 2. The molecule has 146 valence electrons. The van der Waals surface area contributed by atoms with Crippen LogP contribution in [0.4, 0.5) is 21.0 Å². The number of aromatic nitrogens is 2. The van der Waals surface area contributed by atoms with Gasteiger partial charge in [-0.15, -0.1) is 0 Å². The number of thiazole rings is 1. The summed E-state index contributed by atoms with van der Waals surface area (Å²) < 4.78 is 19.3. The number of amides is 1. The molecule has 1 fully saturated rings. The number of fused-ring (bicyclic) bond motifs is 1. The van der Waals surface area contributed by atoms with Crippen LogP contribution in [0.1, 0.15) is 5.56 Å². The van der Waals surface area contributed by atoms with Crippen LogP contribution in [0.5, 0.6) is 0 Å². The zero-order valence-electron chi connectivity index (χ0n) is 15.4. The van der Waals surface area contributed by atoms with E-state index in [0.29, 0.717) is 46.7 Å². The third-order valence-corrected chi connectivity index (χ3v) is 5.24. The number of carbonyl (C=O) groups excluding carboxylic acids is 1. The Bertz CT molecular complexity index is 1000. The van der Waals surface area contributed by atoms with Gasteiger partial charge in [0.2, 0.25) is 5.91 Å². The highest BCUT2D eigenvalue weighted by Gasteiger charge is 2.16. The van der Waals surface area contributed by atoms with Crippen molar-refractivity contribution in [1.82, 2.24) is 14.9 Å². The van der Waals surface area contributed by atoms with Crippen LogP contribution in [0.2, 0.25) is 0 Å². The van der Waals surface area contributed by atoms with Crippen LogP contribution in [0.25, 0.3) is 10.3 Å². The minimum absolute atomic E-state index is 0.110. The number of carbonyl (C=O) groups is 1. The molecule has 1 aromatic carbocycles. The summed E-state index contributed by atoms with van der Waals surface area (Å²) >= 11 is 1.29. The summed E-state index contributed by atoms with van der Waals surface area (Å²) in [6.07, 6.45) is 0. The predicted molar refractivity (Wildman–Crippen MR) is 108 cm³/mol. The molecule has 3 heterocycles. The van der Waals surface area contributed by atoms with Gasteiger partial charge in [-0.1, -0.05) is 17.4 Å². The molecule has 0 radical (unpaired) electrons. The fraction of sp³-hybridized carbons (Fsp3) is 0.316. The standard InChI is InChI=1S/C19H20FN5O2S/c1-12-2-3-14(13(20)10-12)21-16-5-4-15-18(23-16)28-19(22-15)24-17(26)11-25-6-8-27-9-7-25/h2-5,10H,6-9,11H2,1H3,(H,21,23)(H,22,24,26). The average molecular weight is 401 g/mol. The molecule has 2 N–H and O–H groups in total. The third-order valence-electron chi connectivity index (χ3n) is 4.36. The molecule has 0 aliphatic carbocycles. The maximum Gasteiger partial charge on any atom is 0.240 e. The SMILES string of the molecule is Cc1ccc(Nc2ccc3nc(NC(=O)CN4CCOCC4)sc3n2)c(F)c1. The molecule has 1 aliphatic heterocycles. The first-order valence-electron chi connectivity index (χ1n) is 8.97. The van der Waals surface area contributed by atoms with Gasteiger partial charge in [0.25, 0.3) is 0 Å². The largest absolute Gasteiger partial charge is 0.379 e. The lowest BCUT2D eigenvalue weighted by atomic mass is 10.2. The topological polar surface area (TPSA) is 79.4 Å². The van der Waals surface area contributed by atoms with Crippen molar-refractivity contribution in [2.45, 2.75) is 6.92 Å². The minimum Gasteiger partial charge on any atom is -0.379 e. The molecule has 7 nitrogen and oxygen atoms in total. The Kier molecular flexibility index (Phi) is 5.47. The number of halogens is 1. The Morgan fingerprint density at radius 1 is 1.25 bits per heavy atom. The van der Waals surface area contributed by atoms with Crippen LogP contribution in [-0.4, -0.2) is 53.6 Å². The first-order chi connectivity index (χ1) is 13.6. The summed E-state index contributed by atoms with van der Waals surface area (Å²) in [6.45, 7) is 4.94. The van der Waals surface area contributed by atoms with Gasteiger partial charge in [-0.2, -0.15) is 0 Å². The summed E-state index contributed by atoms with van der Waals surface area (Å²) in [5, 5.41) is 6.31. The van der Waals surface area contributed by atoms with Crippen molar-refractivity contribution in [1.29, 1.82) is 0 Å². The van der Waals surface area contributed by atoms with E-state index in [1.165, 1.54) is 17.4 Å². The van der Waals surface area contributed by atoms with Gasteiger partial charge in [-0.05, 0) is 36.8 Å². The van der Waals surface area contributed by atoms with Crippen molar-refractivity contribution in [3.8, 4) is 0 Å². The van der Waals surface area contributed by atoms with E-state index in [4.69, 9.17) is 4.74 Å². The molecule has 4 rings (SSSR count). The normalized spacial score (nSPS) is 14.9. The highest BCUT2D eigenvalue weighted by Crippen LogP contribution is 2.27. The third kappa shape index (κ3) is 4.44. The van der Waals surface area contributed by atoms with Crippen LogP contribution in [-0.2, 0) is 9.53 Å². The van der Waals surface area contributed by atoms with Gasteiger partial charge in [-0.3, -0.25) is 9.69 Å². The molecule has 0 bridgehead atoms. The van der Waals surface area contributed by atoms with Crippen LogP contribution in [0.15, 0.2) is 30.3 Å². The van der Waals surface area contributed by atoms with Crippen molar-refractivity contribution in [2.75, 3.05) is 43.5 Å². The number of nitrogens with one attached hydrogen (secondary N) is 2. The molecule has 1 aliphatic rings. The quantitative estimate of drug-likeness (QED) is 0.684. The summed E-state index contributed by atoms with van der Waals surface area (Å²) in [5.74, 6) is 0.0772. The monoisotopic (exact) mass is 401 g/mol. The van der Waals surface area contributed by atoms with E-state index >= 15 is 0 Å². The number of nitrogens with zero attached hydrogens (tertiary/aromatic N) is 3. The van der Waals surface area contributed by atoms with Crippen LogP contribution in [0, 0.1) is 12.7 Å². The summed E-state index contributed by atoms with van der Waals surface area (Å²) in [5.41, 5.74) is 1.90. The van der Waals surface area contributed by atoms with Crippen molar-refractivity contribution < 1.29 is 13.9 Å². The van der Waals surface area contributed by atoms with E-state index in [-0.39, 0.29) is 11.7 Å². The fourth-order valence-corrected chi connectivity index (χ4v) is 3.78. The van der Waals surface area contributed by atoms with Gasteiger partial charge in [0.15, 0.2) is 5.13 Å². The Hall–Kier alpha value is -2.62. The molecule has 0 atom stereocenters. The van der Waals surface area contributed by atoms with Crippen LogP contribution >= 0.6 is 11.3 Å². The van der Waals surface area contributed by atoms with Gasteiger partial charge in [0, 0.05) is 13.1 Å². The molecular formula is C19H20FN5O2S. The van der Waals surface area contributed by atoms with Gasteiger partial charge in [0.1, 0.15) is 22.0 Å². The number of morpholine rings is 1. The number of aryl methyl sites for hydroxylation is 1. The predicted octanol–water partition coefficient (Wildman–Crippen LogP) is 3.15. The number of rotatable bonds is 5. The van der Waals surface area contributed by atoms with E-state index in [9.17, 15) is 9.18 Å². The Morgan fingerprint density at radius 2 is 2.07 bits per heavy atom. The second-order valence-corrected chi connectivity index (χ2v) is 7.56. The Morgan fingerprint density at radius 3 is 2.86 bits per heavy atom. The highest BCUT2D eigenvalue weighted by molar-refractivity contribution is 7.22. The van der Waals surface area contributed by atoms with Gasteiger partial charge in [0.05, 0.1) is 25.4 Å². The van der Waals surface area contributed by atoms with Crippen LogP contribution < -0.4 is 10.6 Å². The van der Waals surface area contributed by atoms with E-state index in [0.717, 1.165) is 18.7 Å². The number of anilines is 3. The second kappa shape index (κ2) is 8.17. The van der Waals surface area contributed by atoms with E-state index in [1.54, 1.807) is 18.2 Å². The van der Waals surface area contributed by atoms with Gasteiger partial charge < -0.3 is 15.4 Å². The highest BCUT2D eigenvalue weighted by atomic mass is 32.1. The zero-order valence-corrected chi connectivity index (χ0v) is 16.2. The lowest BCUT2D eigenvalue weighted by molar-refractivity contribution is -0.118. The van der Waals surface area contributed by atoms with Crippen molar-refractivity contribution in [3.05, 3.63) is 41.7 Å². The first-order valence-corrected chi connectivity index (χ1v) is 9.79. The fourth-order valence-electron chi connectivity index (χ4n) is 2.92. The molecular weight excluding hydrogens is 381 g/mol. The summed E-state index contributed by atoms with van der Waals surface area (Å²) in [6, 6.07) is 8.51. The molecule has 28 heavy (non-hydrogen) atoms. The van der Waals surface area contributed by atoms with Crippen molar-refractivity contribution >= 4 is 44.2 Å². The lowest BCUT2D eigenvalue weighted by Crippen LogP contribution is -2.41. The number of benzene rings is 1. The number of pyridine rings is 1. The average Bonchev–Trinajstić information content (AvgIpc) is 3.06. The van der Waals surface area contributed by atoms with Crippen molar-refractivity contribution in [3.63, 3.8) is 0 Å². The number of ether oxygens (including phenoxy) is 1. The smallest absolute Gasteiger partial charge is 0.240 e. The molecule has 9 heteroatoms. The molecule has 2 aromatic heterocycles. The van der Waals surface area contributed by atoms with E-state index in [2.05, 4.69) is 20.6 Å². The molecule has 3 aromatic rings. The van der Waals surface area contributed by atoms with Gasteiger partial charge in [-0.25, -0.2) is 14.4 Å². The Balaban J connectivity index is 1.44. The van der Waals surface area contributed by atoms with Crippen molar-refractivity contribution in [2.24, 2.45) is 0 Å². The molecule has 1 saturated heterocycles. The maximum atomic E-state index is 14.0. The number of hydrogen-bond acceptors (Lipinski definition) is 7. The first kappa shape index (κ1) is 18.7. The van der Waals surface area contributed by atoms with Gasteiger partial charge >= 0.3 is 0 Å². The molecule has 0 unspecified atom stereocenters.